The number of fused-ring (bicyclic) bond motifs is 1. The minimum atomic E-state index is -0.826. The van der Waals surface area contributed by atoms with Crippen LogP contribution in [-0.4, -0.2) is 31.4 Å². The van der Waals surface area contributed by atoms with Gasteiger partial charge in [0.15, 0.2) is 4.80 Å². The number of methoxy groups -OCH3 is 2. The smallest absolute Gasteiger partial charge is 0.338 e. The molecule has 42 heavy (non-hydrogen) atoms. The van der Waals surface area contributed by atoms with Crippen molar-refractivity contribution in [3.63, 3.8) is 0 Å². The number of hydrogen-bond donors (Lipinski definition) is 0. The van der Waals surface area contributed by atoms with E-state index in [2.05, 4.69) is 4.99 Å². The Morgan fingerprint density at radius 3 is 2.48 bits per heavy atom. The third kappa shape index (κ3) is 5.84. The average molecular weight is 605 g/mol. The van der Waals surface area contributed by atoms with Crippen molar-refractivity contribution in [1.29, 1.82) is 0 Å². The van der Waals surface area contributed by atoms with Gasteiger partial charge in [0.25, 0.3) is 5.56 Å². The second-order valence-corrected chi connectivity index (χ2v) is 10.8. The van der Waals surface area contributed by atoms with Crippen molar-refractivity contribution in [3.05, 3.63) is 119 Å². The molecule has 0 amide bonds. The summed E-state index contributed by atoms with van der Waals surface area (Å²) in [4.78, 5) is 32.3. The molecule has 1 aliphatic rings. The molecule has 0 saturated heterocycles. The first-order valence-corrected chi connectivity index (χ1v) is 14.4. The summed E-state index contributed by atoms with van der Waals surface area (Å²) in [7, 11) is 3.09. The maximum Gasteiger partial charge on any atom is 0.338 e. The molecular formula is C32H29ClN2O6S. The Hall–Kier alpha value is -4.34. The predicted molar refractivity (Wildman–Crippen MR) is 162 cm³/mol. The lowest BCUT2D eigenvalue weighted by molar-refractivity contribution is -0.139. The van der Waals surface area contributed by atoms with Crippen LogP contribution in [0.2, 0.25) is 5.02 Å². The first kappa shape index (κ1) is 29.2. The maximum atomic E-state index is 13.9. The van der Waals surface area contributed by atoms with Crippen LogP contribution in [-0.2, 0) is 16.1 Å². The van der Waals surface area contributed by atoms with Crippen LogP contribution in [0.3, 0.4) is 0 Å². The number of nitrogens with zero attached hydrogens (tertiary/aromatic N) is 2. The van der Waals surface area contributed by atoms with Gasteiger partial charge < -0.3 is 18.9 Å². The Balaban J connectivity index is 1.55. The number of allylic oxidation sites excluding steroid dienone is 1. The van der Waals surface area contributed by atoms with Gasteiger partial charge in [-0.25, -0.2) is 9.79 Å². The molecule has 0 radical (unpaired) electrons. The number of ether oxygens (including phenoxy) is 4. The molecule has 4 aromatic rings. The largest absolute Gasteiger partial charge is 0.497 e. The fraction of sp³-hybridized carbons (Fsp3) is 0.219. The summed E-state index contributed by atoms with van der Waals surface area (Å²) in [5.41, 5.74) is 2.73. The van der Waals surface area contributed by atoms with E-state index in [1.165, 1.54) is 23.0 Å². The van der Waals surface area contributed by atoms with Gasteiger partial charge in [0.1, 0.15) is 29.9 Å². The zero-order valence-electron chi connectivity index (χ0n) is 23.5. The van der Waals surface area contributed by atoms with Crippen molar-refractivity contribution in [3.8, 4) is 17.2 Å². The van der Waals surface area contributed by atoms with Gasteiger partial charge in [-0.2, -0.15) is 0 Å². The summed E-state index contributed by atoms with van der Waals surface area (Å²) in [5, 5.41) is 0.649. The van der Waals surface area contributed by atoms with Crippen LogP contribution < -0.4 is 29.1 Å². The molecule has 216 valence electrons. The number of benzene rings is 3. The van der Waals surface area contributed by atoms with Crippen LogP contribution in [0.1, 0.15) is 36.6 Å². The van der Waals surface area contributed by atoms with Gasteiger partial charge in [-0.15, -0.1) is 0 Å². The van der Waals surface area contributed by atoms with Crippen molar-refractivity contribution < 1.29 is 23.7 Å². The summed E-state index contributed by atoms with van der Waals surface area (Å²) in [6.45, 7) is 4.00. The predicted octanol–water partition coefficient (Wildman–Crippen LogP) is 5.05. The van der Waals surface area contributed by atoms with Crippen molar-refractivity contribution in [2.24, 2.45) is 4.99 Å². The first-order valence-electron chi connectivity index (χ1n) is 13.2. The maximum absolute atomic E-state index is 13.9. The summed E-state index contributed by atoms with van der Waals surface area (Å²) in [6.07, 6.45) is 1.80. The van der Waals surface area contributed by atoms with Gasteiger partial charge in [0.05, 0.1) is 36.6 Å². The van der Waals surface area contributed by atoms with Gasteiger partial charge >= 0.3 is 5.97 Å². The summed E-state index contributed by atoms with van der Waals surface area (Å²) in [5.74, 6) is 1.19. The van der Waals surface area contributed by atoms with Crippen LogP contribution in [0.15, 0.2) is 87.8 Å². The van der Waals surface area contributed by atoms with Crippen LogP contribution in [0.4, 0.5) is 0 Å². The van der Waals surface area contributed by atoms with Gasteiger partial charge in [-0.3, -0.25) is 9.36 Å². The van der Waals surface area contributed by atoms with E-state index >= 15 is 0 Å². The van der Waals surface area contributed by atoms with E-state index in [4.69, 9.17) is 30.5 Å². The van der Waals surface area contributed by atoms with Crippen molar-refractivity contribution in [2.45, 2.75) is 26.5 Å². The summed E-state index contributed by atoms with van der Waals surface area (Å²) in [6, 6.07) is 19.4. The molecule has 0 aliphatic carbocycles. The van der Waals surface area contributed by atoms with E-state index < -0.39 is 12.0 Å². The molecular weight excluding hydrogens is 576 g/mol. The third-order valence-corrected chi connectivity index (χ3v) is 8.13. The monoisotopic (exact) mass is 604 g/mol. The lowest BCUT2D eigenvalue weighted by Gasteiger charge is -2.26. The molecule has 8 nitrogen and oxygen atoms in total. The third-order valence-electron chi connectivity index (χ3n) is 6.78. The highest BCUT2D eigenvalue weighted by atomic mass is 35.5. The Morgan fingerprint density at radius 1 is 1.05 bits per heavy atom. The molecule has 5 rings (SSSR count). The SMILES string of the molecule is CCOC(=O)C1=C(C)N=c2s/c(=C/c3ccc(OCc4ccccc4Cl)cc3)c(=O)n2[C@H]1c1cc(OC)ccc1OC. The average Bonchev–Trinajstić information content (AvgIpc) is 3.30. The molecule has 0 fully saturated rings. The molecule has 1 aliphatic heterocycles. The van der Waals surface area contributed by atoms with E-state index in [1.807, 2.05) is 48.5 Å². The van der Waals surface area contributed by atoms with E-state index in [1.54, 1.807) is 45.2 Å². The molecule has 0 spiro atoms. The number of halogens is 1. The number of rotatable bonds is 9. The van der Waals surface area contributed by atoms with Gasteiger partial charge in [-0.05, 0) is 61.9 Å². The molecule has 10 heteroatoms. The fourth-order valence-corrected chi connectivity index (χ4v) is 5.96. The van der Waals surface area contributed by atoms with Crippen molar-refractivity contribution >= 4 is 35.0 Å². The highest BCUT2D eigenvalue weighted by Gasteiger charge is 2.35. The Morgan fingerprint density at radius 2 is 1.79 bits per heavy atom. The van der Waals surface area contributed by atoms with E-state index in [9.17, 15) is 9.59 Å². The van der Waals surface area contributed by atoms with Gasteiger partial charge in [0, 0.05) is 16.1 Å². The number of carbonyl (C=O) groups is 1. The molecule has 0 N–H and O–H groups in total. The molecule has 3 aromatic carbocycles. The second kappa shape index (κ2) is 12.7. The zero-order chi connectivity index (χ0) is 29.8. The number of esters is 1. The number of thiazole rings is 1. The Kier molecular flexibility index (Phi) is 8.80. The topological polar surface area (TPSA) is 88.4 Å². The molecule has 2 heterocycles. The van der Waals surface area contributed by atoms with E-state index in [-0.39, 0.29) is 17.7 Å². The highest BCUT2D eigenvalue weighted by Crippen LogP contribution is 2.37. The molecule has 0 saturated carbocycles. The Bertz CT molecular complexity index is 1840. The van der Waals surface area contributed by atoms with Crippen molar-refractivity contribution in [2.75, 3.05) is 20.8 Å². The molecule has 0 bridgehead atoms. The Labute approximate surface area is 251 Å². The number of hydrogen-bond acceptors (Lipinski definition) is 8. The van der Waals surface area contributed by atoms with Crippen LogP contribution in [0, 0.1) is 0 Å². The highest BCUT2D eigenvalue weighted by molar-refractivity contribution is 7.07. The lowest BCUT2D eigenvalue weighted by Crippen LogP contribution is -2.40. The van der Waals surface area contributed by atoms with Crippen molar-refractivity contribution in [1.82, 2.24) is 4.57 Å². The zero-order valence-corrected chi connectivity index (χ0v) is 25.1. The first-order chi connectivity index (χ1) is 20.3. The van der Waals surface area contributed by atoms with Gasteiger partial charge in [0.2, 0.25) is 0 Å². The standard InChI is InChI=1S/C32H29ClN2O6S/c1-5-40-31(37)28-19(2)34-32-35(29(28)24-17-23(38-3)14-15-26(24)39-4)30(36)27(42-32)16-20-10-12-22(13-11-20)41-18-21-8-6-7-9-25(21)33/h6-17,29H,5,18H2,1-4H3/b27-16+/t29-/m0/s1. The fourth-order valence-electron chi connectivity index (χ4n) is 4.73. The summed E-state index contributed by atoms with van der Waals surface area (Å²) >= 11 is 7.48. The number of aromatic nitrogens is 1. The number of carbonyl (C=O) groups excluding carboxylic acids is 1. The van der Waals surface area contributed by atoms with Crippen LogP contribution >= 0.6 is 22.9 Å². The molecule has 1 atom stereocenters. The minimum Gasteiger partial charge on any atom is -0.497 e. The lowest BCUT2D eigenvalue weighted by atomic mass is 9.94. The second-order valence-electron chi connectivity index (χ2n) is 9.36. The van der Waals surface area contributed by atoms with Crippen LogP contribution in [0.25, 0.3) is 6.08 Å². The van der Waals surface area contributed by atoms with E-state index in [0.29, 0.717) is 49.5 Å². The molecule has 1 aromatic heterocycles. The quantitative estimate of drug-likeness (QED) is 0.249. The normalized spacial score (nSPS) is 14.7. The summed E-state index contributed by atoms with van der Waals surface area (Å²) < 4.78 is 24.4. The van der Waals surface area contributed by atoms with E-state index in [0.717, 1.165) is 11.1 Å². The molecule has 0 unspecified atom stereocenters. The van der Waals surface area contributed by atoms with Gasteiger partial charge in [-0.1, -0.05) is 53.3 Å². The van der Waals surface area contributed by atoms with Crippen LogP contribution in [0.5, 0.6) is 17.2 Å². The minimum absolute atomic E-state index is 0.181.